The fourth-order valence-corrected chi connectivity index (χ4v) is 2.71. The van der Waals surface area contributed by atoms with Crippen LogP contribution in [0.15, 0.2) is 5.11 Å². The predicted octanol–water partition coefficient (Wildman–Crippen LogP) is 2.56. The van der Waals surface area contributed by atoms with E-state index in [9.17, 15) is 9.90 Å². The molecule has 0 radical (unpaired) electrons. The topological polar surface area (TPSA) is 98.1 Å². The first-order valence-electron chi connectivity index (χ1n) is 6.51. The number of nitrogens with one attached hydrogen (secondary N) is 1. The van der Waals surface area contributed by atoms with E-state index < -0.39 is 11.5 Å². The van der Waals surface area contributed by atoms with Gasteiger partial charge < -0.3 is 10.4 Å². The van der Waals surface area contributed by atoms with Crippen LogP contribution in [-0.2, 0) is 4.79 Å². The Morgan fingerprint density at radius 2 is 2.39 bits per heavy atom. The van der Waals surface area contributed by atoms with Crippen LogP contribution in [-0.4, -0.2) is 29.7 Å². The molecule has 1 fully saturated rings. The molecule has 2 N–H and O–H groups in total. The lowest BCUT2D eigenvalue weighted by Crippen LogP contribution is -2.56. The number of hydrogen-bond acceptors (Lipinski definition) is 3. The Hall–Kier alpha value is -1.26. The van der Waals surface area contributed by atoms with Gasteiger partial charge in [0.15, 0.2) is 0 Å². The highest BCUT2D eigenvalue weighted by Crippen LogP contribution is 2.36. The molecule has 0 aromatic rings. The normalized spacial score (nSPS) is 27.8. The van der Waals surface area contributed by atoms with Crippen LogP contribution in [0.1, 0.15) is 39.5 Å². The van der Waals surface area contributed by atoms with Crippen molar-refractivity contribution in [3.8, 4) is 0 Å². The third kappa shape index (κ3) is 3.62. The van der Waals surface area contributed by atoms with Crippen molar-refractivity contribution in [3.63, 3.8) is 0 Å². The Bertz CT molecular complexity index is 339. The fraction of sp³-hybridized carbons (Fsp3) is 0.917. The molecule has 0 bridgehead atoms. The number of carboxylic acids is 1. The van der Waals surface area contributed by atoms with E-state index in [1.54, 1.807) is 0 Å². The van der Waals surface area contributed by atoms with Gasteiger partial charge in [-0.3, -0.25) is 4.79 Å². The van der Waals surface area contributed by atoms with Crippen LogP contribution in [0.2, 0.25) is 0 Å². The highest BCUT2D eigenvalue weighted by Gasteiger charge is 2.42. The molecule has 1 rings (SSSR count). The lowest BCUT2D eigenvalue weighted by molar-refractivity contribution is -0.147. The standard InChI is InChI=1S/C12H22N4O2/c1-9(2)10-4-3-5-12(8-10,11(17)18)14-6-7-15-16-13/h9-10,14H,3-8H2,1-2H3,(H,17,18). The van der Waals surface area contributed by atoms with Gasteiger partial charge in [-0.2, -0.15) is 0 Å². The summed E-state index contributed by atoms with van der Waals surface area (Å²) < 4.78 is 0. The lowest BCUT2D eigenvalue weighted by atomic mass is 9.71. The van der Waals surface area contributed by atoms with Crippen molar-refractivity contribution in [2.45, 2.75) is 45.1 Å². The van der Waals surface area contributed by atoms with E-state index in [1.807, 2.05) is 0 Å². The summed E-state index contributed by atoms with van der Waals surface area (Å²) in [5.74, 6) is 0.165. The van der Waals surface area contributed by atoms with Gasteiger partial charge in [-0.15, -0.1) is 0 Å². The molecule has 18 heavy (non-hydrogen) atoms. The fourth-order valence-electron chi connectivity index (χ4n) is 2.71. The maximum atomic E-state index is 11.5. The Kier molecular flexibility index (Phi) is 5.44. The minimum atomic E-state index is -0.835. The summed E-state index contributed by atoms with van der Waals surface area (Å²) in [7, 11) is 0. The molecule has 0 heterocycles. The van der Waals surface area contributed by atoms with Crippen LogP contribution in [0.5, 0.6) is 0 Å². The molecular formula is C12H22N4O2. The van der Waals surface area contributed by atoms with Gasteiger partial charge in [0.05, 0.1) is 0 Å². The van der Waals surface area contributed by atoms with Crippen LogP contribution >= 0.6 is 0 Å². The van der Waals surface area contributed by atoms with Crippen LogP contribution in [0.25, 0.3) is 10.4 Å². The zero-order valence-corrected chi connectivity index (χ0v) is 11.1. The Labute approximate surface area is 107 Å². The quantitative estimate of drug-likeness (QED) is 0.330. The van der Waals surface area contributed by atoms with E-state index in [-0.39, 0.29) is 6.54 Å². The number of carbonyl (C=O) groups is 1. The number of carboxylic acid groups (broad SMARTS) is 1. The summed E-state index contributed by atoms with van der Waals surface area (Å²) in [6.07, 6.45) is 3.35. The monoisotopic (exact) mass is 254 g/mol. The van der Waals surface area contributed by atoms with E-state index in [0.717, 1.165) is 12.8 Å². The highest BCUT2D eigenvalue weighted by atomic mass is 16.4. The van der Waals surface area contributed by atoms with E-state index in [1.165, 1.54) is 0 Å². The minimum absolute atomic E-state index is 0.290. The smallest absolute Gasteiger partial charge is 0.323 e. The number of nitrogens with zero attached hydrogens (tertiary/aromatic N) is 3. The highest BCUT2D eigenvalue weighted by molar-refractivity contribution is 5.79. The molecule has 1 saturated carbocycles. The lowest BCUT2D eigenvalue weighted by Gasteiger charge is -2.40. The van der Waals surface area contributed by atoms with Gasteiger partial charge in [-0.1, -0.05) is 31.8 Å². The van der Waals surface area contributed by atoms with E-state index in [4.69, 9.17) is 5.53 Å². The molecule has 0 aliphatic heterocycles. The van der Waals surface area contributed by atoms with Gasteiger partial charge in [-0.05, 0) is 30.2 Å². The van der Waals surface area contributed by atoms with Crippen LogP contribution in [0.4, 0.5) is 0 Å². The van der Waals surface area contributed by atoms with Crippen molar-refractivity contribution in [1.29, 1.82) is 0 Å². The largest absolute Gasteiger partial charge is 0.480 e. The van der Waals surface area contributed by atoms with Crippen LogP contribution in [0.3, 0.4) is 0 Å². The Morgan fingerprint density at radius 1 is 1.67 bits per heavy atom. The molecule has 0 amide bonds. The van der Waals surface area contributed by atoms with Gasteiger partial charge >= 0.3 is 5.97 Å². The first-order valence-corrected chi connectivity index (χ1v) is 6.51. The zero-order valence-electron chi connectivity index (χ0n) is 11.1. The molecule has 6 heteroatoms. The summed E-state index contributed by atoms with van der Waals surface area (Å²) in [4.78, 5) is 14.2. The molecule has 2 atom stereocenters. The van der Waals surface area contributed by atoms with E-state index in [2.05, 4.69) is 29.2 Å². The molecule has 0 saturated heterocycles. The number of aliphatic carboxylic acids is 1. The maximum Gasteiger partial charge on any atom is 0.323 e. The number of hydrogen-bond donors (Lipinski definition) is 2. The van der Waals surface area contributed by atoms with Crippen molar-refractivity contribution < 1.29 is 9.90 Å². The third-order valence-electron chi connectivity index (χ3n) is 3.88. The maximum absolute atomic E-state index is 11.5. The van der Waals surface area contributed by atoms with Gasteiger partial charge in [0.1, 0.15) is 5.54 Å². The minimum Gasteiger partial charge on any atom is -0.480 e. The van der Waals surface area contributed by atoms with Crippen molar-refractivity contribution in [2.75, 3.05) is 13.1 Å². The molecule has 1 aliphatic rings. The molecule has 1 aliphatic carbocycles. The second kappa shape index (κ2) is 6.61. The molecule has 0 spiro atoms. The summed E-state index contributed by atoms with van der Waals surface area (Å²) in [6.45, 7) is 4.99. The second-order valence-corrected chi connectivity index (χ2v) is 5.37. The van der Waals surface area contributed by atoms with Gasteiger partial charge in [0.25, 0.3) is 0 Å². The van der Waals surface area contributed by atoms with Gasteiger partial charge in [0.2, 0.25) is 0 Å². The van der Waals surface area contributed by atoms with E-state index in [0.29, 0.717) is 31.2 Å². The van der Waals surface area contributed by atoms with Gasteiger partial charge in [-0.25, -0.2) is 0 Å². The summed E-state index contributed by atoms with van der Waals surface area (Å²) in [5.41, 5.74) is 7.37. The Morgan fingerprint density at radius 3 is 2.94 bits per heavy atom. The van der Waals surface area contributed by atoms with Crippen LogP contribution in [0, 0.1) is 11.8 Å². The van der Waals surface area contributed by atoms with Crippen molar-refractivity contribution in [1.82, 2.24) is 5.32 Å². The molecule has 0 aromatic heterocycles. The zero-order chi connectivity index (χ0) is 13.6. The average Bonchev–Trinajstić information content (AvgIpc) is 2.35. The first-order chi connectivity index (χ1) is 8.52. The molecule has 0 aromatic carbocycles. The van der Waals surface area contributed by atoms with E-state index >= 15 is 0 Å². The van der Waals surface area contributed by atoms with Crippen molar-refractivity contribution >= 4 is 5.97 Å². The van der Waals surface area contributed by atoms with Crippen LogP contribution < -0.4 is 5.32 Å². The molecule has 6 nitrogen and oxygen atoms in total. The molecule has 102 valence electrons. The summed E-state index contributed by atoms with van der Waals surface area (Å²) >= 11 is 0. The number of azide groups is 1. The number of rotatable bonds is 6. The first kappa shape index (κ1) is 14.8. The Balaban J connectivity index is 2.67. The molecular weight excluding hydrogens is 232 g/mol. The summed E-state index contributed by atoms with van der Waals surface area (Å²) in [6, 6.07) is 0. The second-order valence-electron chi connectivity index (χ2n) is 5.37. The average molecular weight is 254 g/mol. The predicted molar refractivity (Wildman–Crippen MR) is 69.2 cm³/mol. The molecule has 2 unspecified atom stereocenters. The van der Waals surface area contributed by atoms with Crippen molar-refractivity contribution in [2.24, 2.45) is 17.0 Å². The van der Waals surface area contributed by atoms with Gasteiger partial charge in [0, 0.05) is 18.0 Å². The SMILES string of the molecule is CC(C)C1CCCC(NCCN=[N+]=[N-])(C(=O)O)C1. The third-order valence-corrected chi connectivity index (χ3v) is 3.88. The summed E-state index contributed by atoms with van der Waals surface area (Å²) in [5, 5.41) is 16.0. The van der Waals surface area contributed by atoms with Crippen molar-refractivity contribution in [3.05, 3.63) is 10.4 Å².